The molecule has 1 aliphatic rings. The zero-order valence-corrected chi connectivity index (χ0v) is 8.45. The van der Waals surface area contributed by atoms with Gasteiger partial charge in [-0.1, -0.05) is 13.8 Å². The van der Waals surface area contributed by atoms with Gasteiger partial charge in [0.05, 0.1) is 6.10 Å². The highest BCUT2D eigenvalue weighted by Gasteiger charge is 2.25. The van der Waals surface area contributed by atoms with Gasteiger partial charge in [-0.25, -0.2) is 0 Å². The maximum Gasteiger partial charge on any atom is 0.0524 e. The lowest BCUT2D eigenvalue weighted by atomic mass is 10.0. The molecule has 1 fully saturated rings. The van der Waals surface area contributed by atoms with Crippen molar-refractivity contribution >= 4 is 0 Å². The first-order chi connectivity index (χ1) is 5.59. The van der Waals surface area contributed by atoms with Crippen LogP contribution in [0.25, 0.3) is 0 Å². The Morgan fingerprint density at radius 3 is 2.25 bits per heavy atom. The molecular weight excluding hydrogens is 150 g/mol. The fourth-order valence-electron chi connectivity index (χ4n) is 1.80. The minimum atomic E-state index is -0.142. The molecule has 3 atom stereocenters. The Hall–Kier alpha value is -0.0800. The molecule has 0 amide bonds. The van der Waals surface area contributed by atoms with Crippen LogP contribution < -0.4 is 0 Å². The van der Waals surface area contributed by atoms with E-state index < -0.39 is 0 Å². The van der Waals surface area contributed by atoms with E-state index in [-0.39, 0.29) is 6.10 Å². The van der Waals surface area contributed by atoms with E-state index in [1.807, 2.05) is 6.92 Å². The maximum absolute atomic E-state index is 9.12. The molecule has 1 aliphatic heterocycles. The highest BCUT2D eigenvalue weighted by Crippen LogP contribution is 2.21. The van der Waals surface area contributed by atoms with Gasteiger partial charge in [0.1, 0.15) is 0 Å². The van der Waals surface area contributed by atoms with Crippen molar-refractivity contribution in [2.45, 2.75) is 33.3 Å². The van der Waals surface area contributed by atoms with Crippen molar-refractivity contribution in [1.82, 2.24) is 4.90 Å². The van der Waals surface area contributed by atoms with Crippen molar-refractivity contribution in [3.8, 4) is 0 Å². The third-order valence-electron chi connectivity index (χ3n) is 2.93. The van der Waals surface area contributed by atoms with Gasteiger partial charge in [0, 0.05) is 19.6 Å². The van der Waals surface area contributed by atoms with Crippen LogP contribution in [0.4, 0.5) is 0 Å². The topological polar surface area (TPSA) is 23.5 Å². The maximum atomic E-state index is 9.12. The summed E-state index contributed by atoms with van der Waals surface area (Å²) in [6.07, 6.45) is 0.774. The Kier molecular flexibility index (Phi) is 3.53. The van der Waals surface area contributed by atoms with E-state index in [1.54, 1.807) is 0 Å². The standard InChI is InChI=1S/C10H21NO/c1-8-6-11(7-9(8)2)5-4-10(3)12/h8-10,12H,4-7H2,1-3H3. The van der Waals surface area contributed by atoms with E-state index in [4.69, 9.17) is 5.11 Å². The summed E-state index contributed by atoms with van der Waals surface area (Å²) in [6.45, 7) is 9.98. The second kappa shape index (κ2) is 4.24. The third-order valence-corrected chi connectivity index (χ3v) is 2.93. The molecular formula is C10H21NO. The number of aliphatic hydroxyl groups excluding tert-OH is 1. The van der Waals surface area contributed by atoms with Gasteiger partial charge in [-0.3, -0.25) is 0 Å². The Balaban J connectivity index is 2.19. The molecule has 72 valence electrons. The van der Waals surface area contributed by atoms with Crippen LogP contribution >= 0.6 is 0 Å². The normalized spacial score (nSPS) is 34.0. The number of rotatable bonds is 3. The van der Waals surface area contributed by atoms with E-state index in [1.165, 1.54) is 13.1 Å². The molecule has 0 aliphatic carbocycles. The van der Waals surface area contributed by atoms with Crippen LogP contribution in [-0.4, -0.2) is 35.7 Å². The first-order valence-corrected chi connectivity index (χ1v) is 5.00. The lowest BCUT2D eigenvalue weighted by molar-refractivity contribution is 0.162. The lowest BCUT2D eigenvalue weighted by Gasteiger charge is -2.15. The van der Waals surface area contributed by atoms with Crippen molar-refractivity contribution in [1.29, 1.82) is 0 Å². The predicted octanol–water partition coefficient (Wildman–Crippen LogP) is 1.35. The zero-order valence-electron chi connectivity index (χ0n) is 8.45. The SMILES string of the molecule is CC(O)CCN1CC(C)C(C)C1. The molecule has 0 spiro atoms. The van der Waals surface area contributed by atoms with Gasteiger partial charge < -0.3 is 10.0 Å². The first kappa shape index (κ1) is 10.0. The molecule has 0 saturated carbocycles. The highest BCUT2D eigenvalue weighted by atomic mass is 16.3. The van der Waals surface area contributed by atoms with Crippen molar-refractivity contribution in [3.63, 3.8) is 0 Å². The summed E-state index contributed by atoms with van der Waals surface area (Å²) in [6, 6.07) is 0. The molecule has 0 aromatic carbocycles. The molecule has 12 heavy (non-hydrogen) atoms. The van der Waals surface area contributed by atoms with Gasteiger partial charge in [-0.2, -0.15) is 0 Å². The summed E-state index contributed by atoms with van der Waals surface area (Å²) < 4.78 is 0. The smallest absolute Gasteiger partial charge is 0.0524 e. The monoisotopic (exact) mass is 171 g/mol. The molecule has 1 saturated heterocycles. The van der Waals surface area contributed by atoms with Crippen molar-refractivity contribution in [3.05, 3.63) is 0 Å². The number of nitrogens with zero attached hydrogens (tertiary/aromatic N) is 1. The molecule has 0 aromatic heterocycles. The van der Waals surface area contributed by atoms with Gasteiger partial charge >= 0.3 is 0 Å². The van der Waals surface area contributed by atoms with Gasteiger partial charge in [0.2, 0.25) is 0 Å². The second-order valence-corrected chi connectivity index (χ2v) is 4.35. The van der Waals surface area contributed by atoms with Crippen molar-refractivity contribution in [2.75, 3.05) is 19.6 Å². The Morgan fingerprint density at radius 1 is 1.33 bits per heavy atom. The summed E-state index contributed by atoms with van der Waals surface area (Å²) in [5.74, 6) is 1.66. The van der Waals surface area contributed by atoms with E-state index >= 15 is 0 Å². The average molecular weight is 171 g/mol. The van der Waals surface area contributed by atoms with Gasteiger partial charge in [0.25, 0.3) is 0 Å². The largest absolute Gasteiger partial charge is 0.393 e. The van der Waals surface area contributed by atoms with Crippen LogP contribution in [0, 0.1) is 11.8 Å². The van der Waals surface area contributed by atoms with Gasteiger partial charge in [-0.05, 0) is 25.2 Å². The average Bonchev–Trinajstić information content (AvgIpc) is 2.28. The predicted molar refractivity (Wildman–Crippen MR) is 51.1 cm³/mol. The summed E-state index contributed by atoms with van der Waals surface area (Å²) in [5.41, 5.74) is 0. The van der Waals surface area contributed by atoms with E-state index in [0.717, 1.165) is 24.8 Å². The fraction of sp³-hybridized carbons (Fsp3) is 1.00. The zero-order chi connectivity index (χ0) is 9.14. The minimum absolute atomic E-state index is 0.142. The first-order valence-electron chi connectivity index (χ1n) is 5.00. The molecule has 2 heteroatoms. The van der Waals surface area contributed by atoms with Crippen LogP contribution in [-0.2, 0) is 0 Å². The third kappa shape index (κ3) is 2.76. The Labute approximate surface area is 75.6 Å². The van der Waals surface area contributed by atoms with Crippen LogP contribution in [0.5, 0.6) is 0 Å². The second-order valence-electron chi connectivity index (χ2n) is 4.35. The molecule has 0 radical (unpaired) electrons. The number of aliphatic hydroxyl groups is 1. The van der Waals surface area contributed by atoms with E-state index in [0.29, 0.717) is 0 Å². The number of hydrogen-bond acceptors (Lipinski definition) is 2. The number of likely N-dealkylation sites (tertiary alicyclic amines) is 1. The molecule has 0 aromatic rings. The fourth-order valence-corrected chi connectivity index (χ4v) is 1.80. The van der Waals surface area contributed by atoms with Crippen molar-refractivity contribution in [2.24, 2.45) is 11.8 Å². The van der Waals surface area contributed by atoms with Crippen molar-refractivity contribution < 1.29 is 5.11 Å². The van der Waals surface area contributed by atoms with Gasteiger partial charge in [-0.15, -0.1) is 0 Å². The van der Waals surface area contributed by atoms with Crippen LogP contribution in [0.3, 0.4) is 0 Å². The number of hydrogen-bond donors (Lipinski definition) is 1. The van der Waals surface area contributed by atoms with Gasteiger partial charge in [0.15, 0.2) is 0 Å². The molecule has 2 nitrogen and oxygen atoms in total. The van der Waals surface area contributed by atoms with Crippen LogP contribution in [0.2, 0.25) is 0 Å². The molecule has 1 heterocycles. The summed E-state index contributed by atoms with van der Waals surface area (Å²) in [7, 11) is 0. The molecule has 1 rings (SSSR count). The highest BCUT2D eigenvalue weighted by molar-refractivity contribution is 4.78. The van der Waals surface area contributed by atoms with Crippen LogP contribution in [0.1, 0.15) is 27.2 Å². The minimum Gasteiger partial charge on any atom is -0.393 e. The Bertz CT molecular complexity index is 126. The van der Waals surface area contributed by atoms with Crippen LogP contribution in [0.15, 0.2) is 0 Å². The summed E-state index contributed by atoms with van der Waals surface area (Å²) >= 11 is 0. The molecule has 3 unspecified atom stereocenters. The molecule has 1 N–H and O–H groups in total. The van der Waals surface area contributed by atoms with E-state index in [9.17, 15) is 0 Å². The van der Waals surface area contributed by atoms with E-state index in [2.05, 4.69) is 18.7 Å². The molecule has 0 bridgehead atoms. The summed E-state index contributed by atoms with van der Waals surface area (Å²) in [5, 5.41) is 9.12. The quantitative estimate of drug-likeness (QED) is 0.693. The summed E-state index contributed by atoms with van der Waals surface area (Å²) in [4.78, 5) is 2.46. The lowest BCUT2D eigenvalue weighted by Crippen LogP contribution is -2.24. The Morgan fingerprint density at radius 2 is 1.83 bits per heavy atom.